The molecule has 0 spiro atoms. The first-order valence-corrected chi connectivity index (χ1v) is 10.3. The topological polar surface area (TPSA) is 99.9 Å². The lowest BCUT2D eigenvalue weighted by Crippen LogP contribution is -2.44. The van der Waals surface area contributed by atoms with E-state index in [9.17, 15) is 18.0 Å². The lowest BCUT2D eigenvalue weighted by molar-refractivity contribution is 0.0730. The Kier molecular flexibility index (Phi) is 5.31. The molecule has 2 aliphatic heterocycles. The first-order valence-electron chi connectivity index (χ1n) is 8.50. The van der Waals surface area contributed by atoms with Gasteiger partial charge in [-0.1, -0.05) is 0 Å². The quantitative estimate of drug-likeness (QED) is 0.840. The number of urea groups is 1. The van der Waals surface area contributed by atoms with E-state index < -0.39 is 9.84 Å². The van der Waals surface area contributed by atoms with Crippen molar-refractivity contribution in [1.82, 2.24) is 15.1 Å². The van der Waals surface area contributed by atoms with Crippen LogP contribution in [-0.4, -0.2) is 74.4 Å². The molecule has 3 amide bonds. The van der Waals surface area contributed by atoms with Crippen molar-refractivity contribution in [3.63, 3.8) is 0 Å². The molecule has 2 fully saturated rings. The van der Waals surface area contributed by atoms with Crippen molar-refractivity contribution >= 4 is 21.8 Å². The third-order valence-electron chi connectivity index (χ3n) is 4.67. The minimum atomic E-state index is -2.93. The van der Waals surface area contributed by atoms with Crippen LogP contribution in [0.2, 0.25) is 0 Å². The third-order valence-corrected chi connectivity index (χ3v) is 6.51. The molecule has 0 bridgehead atoms. The maximum absolute atomic E-state index is 12.3. The van der Waals surface area contributed by atoms with Crippen molar-refractivity contribution in [2.24, 2.45) is 5.92 Å². The Morgan fingerprint density at radius 2 is 1.96 bits per heavy atom. The fourth-order valence-corrected chi connectivity index (χ4v) is 5.12. The van der Waals surface area contributed by atoms with Crippen molar-refractivity contribution in [1.29, 1.82) is 0 Å². The standard InChI is InChI=1S/C16H23N3O5S/c20-15(14-3-1-9-24-14)18-5-2-6-19(8-7-18)16(21)17-11-13-4-10-25(22,23)12-13/h1,3,9,13H,2,4-8,10-12H2,(H,17,21). The number of nitrogens with one attached hydrogen (secondary N) is 1. The van der Waals surface area contributed by atoms with Gasteiger partial charge in [-0.15, -0.1) is 0 Å². The monoisotopic (exact) mass is 369 g/mol. The fourth-order valence-electron chi connectivity index (χ4n) is 3.26. The number of hydrogen-bond donors (Lipinski definition) is 1. The smallest absolute Gasteiger partial charge is 0.317 e. The summed E-state index contributed by atoms with van der Waals surface area (Å²) in [6.45, 7) is 2.41. The van der Waals surface area contributed by atoms with E-state index in [0.717, 1.165) is 0 Å². The molecule has 1 N–H and O–H groups in total. The van der Waals surface area contributed by atoms with Gasteiger partial charge in [0.05, 0.1) is 17.8 Å². The highest BCUT2D eigenvalue weighted by molar-refractivity contribution is 7.91. The summed E-state index contributed by atoms with van der Waals surface area (Å²) in [7, 11) is -2.93. The zero-order valence-electron chi connectivity index (χ0n) is 14.0. The van der Waals surface area contributed by atoms with Gasteiger partial charge in [0.15, 0.2) is 15.6 Å². The van der Waals surface area contributed by atoms with Crippen LogP contribution in [0.25, 0.3) is 0 Å². The lowest BCUT2D eigenvalue weighted by Gasteiger charge is -2.22. The summed E-state index contributed by atoms with van der Waals surface area (Å²) < 4.78 is 28.1. The van der Waals surface area contributed by atoms with Gasteiger partial charge in [-0.05, 0) is 30.9 Å². The molecule has 9 heteroatoms. The van der Waals surface area contributed by atoms with Gasteiger partial charge in [0, 0.05) is 32.7 Å². The molecule has 0 aliphatic carbocycles. The van der Waals surface area contributed by atoms with Crippen LogP contribution in [0.1, 0.15) is 23.4 Å². The number of amides is 3. The van der Waals surface area contributed by atoms with E-state index in [0.29, 0.717) is 51.3 Å². The van der Waals surface area contributed by atoms with Crippen molar-refractivity contribution in [2.45, 2.75) is 12.8 Å². The highest BCUT2D eigenvalue weighted by Crippen LogP contribution is 2.17. The zero-order chi connectivity index (χ0) is 17.9. The van der Waals surface area contributed by atoms with Crippen LogP contribution in [0.4, 0.5) is 4.79 Å². The molecule has 2 saturated heterocycles. The summed E-state index contributed by atoms with van der Waals surface area (Å²) in [5, 5.41) is 2.83. The van der Waals surface area contributed by atoms with Crippen LogP contribution in [0, 0.1) is 5.92 Å². The number of furan rings is 1. The van der Waals surface area contributed by atoms with Gasteiger partial charge >= 0.3 is 6.03 Å². The van der Waals surface area contributed by atoms with Crippen molar-refractivity contribution in [3.05, 3.63) is 24.2 Å². The Hall–Kier alpha value is -2.03. The van der Waals surface area contributed by atoms with E-state index >= 15 is 0 Å². The van der Waals surface area contributed by atoms with E-state index in [1.165, 1.54) is 6.26 Å². The Balaban J connectivity index is 1.47. The van der Waals surface area contributed by atoms with Crippen LogP contribution in [0.3, 0.4) is 0 Å². The Morgan fingerprint density at radius 3 is 2.64 bits per heavy atom. The average Bonchev–Trinajstić information content (AvgIpc) is 3.15. The molecular formula is C16H23N3O5S. The van der Waals surface area contributed by atoms with Crippen LogP contribution in [0.5, 0.6) is 0 Å². The second kappa shape index (κ2) is 7.47. The molecule has 1 unspecified atom stereocenters. The third kappa shape index (κ3) is 4.53. The second-order valence-electron chi connectivity index (χ2n) is 6.57. The van der Waals surface area contributed by atoms with Gasteiger partial charge in [0.2, 0.25) is 0 Å². The molecule has 8 nitrogen and oxygen atoms in total. The molecule has 1 aromatic heterocycles. The maximum atomic E-state index is 12.3. The summed E-state index contributed by atoms with van der Waals surface area (Å²) in [6, 6.07) is 3.11. The van der Waals surface area contributed by atoms with E-state index in [2.05, 4.69) is 5.32 Å². The Labute approximate surface area is 147 Å². The van der Waals surface area contributed by atoms with Gasteiger partial charge in [-0.2, -0.15) is 0 Å². The molecule has 3 heterocycles. The van der Waals surface area contributed by atoms with Gasteiger partial charge in [0.25, 0.3) is 5.91 Å². The number of nitrogens with zero attached hydrogens (tertiary/aromatic N) is 2. The van der Waals surface area contributed by atoms with E-state index in [1.54, 1.807) is 21.9 Å². The first kappa shape index (κ1) is 17.8. The SMILES string of the molecule is O=C(NCC1CCS(=O)(=O)C1)N1CCCN(C(=O)c2ccco2)CC1. The minimum Gasteiger partial charge on any atom is -0.459 e. The van der Waals surface area contributed by atoms with Crippen molar-refractivity contribution < 1.29 is 22.4 Å². The molecule has 0 aromatic carbocycles. The van der Waals surface area contributed by atoms with Crippen LogP contribution < -0.4 is 5.32 Å². The minimum absolute atomic E-state index is 0.00189. The summed E-state index contributed by atoms with van der Waals surface area (Å²) in [5.74, 6) is 0.501. The average molecular weight is 369 g/mol. The maximum Gasteiger partial charge on any atom is 0.317 e. The number of sulfone groups is 1. The van der Waals surface area contributed by atoms with Crippen molar-refractivity contribution in [3.8, 4) is 0 Å². The van der Waals surface area contributed by atoms with Crippen LogP contribution in [0.15, 0.2) is 22.8 Å². The van der Waals surface area contributed by atoms with E-state index in [-0.39, 0.29) is 29.4 Å². The molecule has 138 valence electrons. The fraction of sp³-hybridized carbons (Fsp3) is 0.625. The van der Waals surface area contributed by atoms with Gasteiger partial charge < -0.3 is 19.5 Å². The number of rotatable bonds is 3. The van der Waals surface area contributed by atoms with Crippen molar-refractivity contribution in [2.75, 3.05) is 44.2 Å². The van der Waals surface area contributed by atoms with E-state index in [4.69, 9.17) is 4.42 Å². The number of hydrogen-bond acceptors (Lipinski definition) is 5. The van der Waals surface area contributed by atoms with Crippen LogP contribution in [-0.2, 0) is 9.84 Å². The first-order chi connectivity index (χ1) is 11.9. The summed E-state index contributed by atoms with van der Waals surface area (Å²) in [4.78, 5) is 28.0. The summed E-state index contributed by atoms with van der Waals surface area (Å²) in [6.07, 6.45) is 2.76. The predicted octanol–water partition coefficient (Wildman–Crippen LogP) is 0.572. The normalized spacial score (nSPS) is 23.3. The number of carbonyl (C=O) groups excluding carboxylic acids is 2. The molecule has 25 heavy (non-hydrogen) atoms. The number of carbonyl (C=O) groups is 2. The Morgan fingerprint density at radius 1 is 1.20 bits per heavy atom. The summed E-state index contributed by atoms with van der Waals surface area (Å²) >= 11 is 0. The Bertz CT molecular complexity index is 716. The lowest BCUT2D eigenvalue weighted by atomic mass is 10.1. The second-order valence-corrected chi connectivity index (χ2v) is 8.79. The molecule has 3 rings (SSSR count). The molecule has 0 saturated carbocycles. The van der Waals surface area contributed by atoms with E-state index in [1.807, 2.05) is 0 Å². The highest BCUT2D eigenvalue weighted by atomic mass is 32.2. The zero-order valence-corrected chi connectivity index (χ0v) is 14.8. The van der Waals surface area contributed by atoms with Crippen LogP contribution >= 0.6 is 0 Å². The van der Waals surface area contributed by atoms with Gasteiger partial charge in [-0.3, -0.25) is 4.79 Å². The predicted molar refractivity (Wildman–Crippen MR) is 91.0 cm³/mol. The van der Waals surface area contributed by atoms with Gasteiger partial charge in [-0.25, -0.2) is 13.2 Å². The molecule has 2 aliphatic rings. The largest absolute Gasteiger partial charge is 0.459 e. The molecule has 1 aromatic rings. The summed E-state index contributed by atoms with van der Waals surface area (Å²) in [5.41, 5.74) is 0. The molecule has 0 radical (unpaired) electrons. The molecule has 1 atom stereocenters. The van der Waals surface area contributed by atoms with Gasteiger partial charge in [0.1, 0.15) is 0 Å². The molecular weight excluding hydrogens is 346 g/mol. The highest BCUT2D eigenvalue weighted by Gasteiger charge is 2.29.